The van der Waals surface area contributed by atoms with E-state index >= 15 is 0 Å². The van der Waals surface area contributed by atoms with Crippen molar-refractivity contribution in [2.45, 2.75) is 113 Å². The van der Waals surface area contributed by atoms with E-state index in [2.05, 4.69) is 5.32 Å². The molecule has 0 spiro atoms. The number of hydrogen-bond acceptors (Lipinski definition) is 15. The number of hydrogen-bond donors (Lipinski definition) is 9. The Morgan fingerprint density at radius 2 is 1.54 bits per heavy atom. The fraction of sp³-hybridized carbons (Fsp3) is 0.957. The summed E-state index contributed by atoms with van der Waals surface area (Å²) in [4.78, 5) is 11.8. The summed E-state index contributed by atoms with van der Waals surface area (Å²) < 4.78 is 34.9. The SMILES string of the molecule is CC(=O)NC1C(O)[C@@H](O)C(CO)O[C@@H]1OC1C(O[C@H]2CC(O)[C@H](O)C(C)O2)[C@H](OCCCN)OC(CO)[C@@H]1O. The van der Waals surface area contributed by atoms with Crippen molar-refractivity contribution in [3.63, 3.8) is 0 Å². The van der Waals surface area contributed by atoms with Crippen LogP contribution in [0.1, 0.15) is 26.7 Å². The second-order valence-electron chi connectivity index (χ2n) is 9.93. The first-order chi connectivity index (χ1) is 18.5. The summed E-state index contributed by atoms with van der Waals surface area (Å²) in [7, 11) is 0. The lowest BCUT2D eigenvalue weighted by Crippen LogP contribution is -2.68. The Morgan fingerprint density at radius 3 is 2.13 bits per heavy atom. The summed E-state index contributed by atoms with van der Waals surface area (Å²) in [6, 6.07) is -1.33. The Hall–Kier alpha value is -1.09. The lowest BCUT2D eigenvalue weighted by molar-refractivity contribution is -0.375. The molecule has 10 N–H and O–H groups in total. The third kappa shape index (κ3) is 7.81. The minimum Gasteiger partial charge on any atom is -0.394 e. The van der Waals surface area contributed by atoms with Crippen LogP contribution < -0.4 is 11.1 Å². The Morgan fingerprint density at radius 1 is 0.897 bits per heavy atom. The van der Waals surface area contributed by atoms with Gasteiger partial charge in [-0.25, -0.2) is 0 Å². The number of nitrogens with two attached hydrogens (primary N) is 1. The molecule has 16 heteroatoms. The number of nitrogens with one attached hydrogen (secondary N) is 1. The maximum atomic E-state index is 11.8. The van der Waals surface area contributed by atoms with E-state index in [1.54, 1.807) is 0 Å². The van der Waals surface area contributed by atoms with Gasteiger partial charge in [0, 0.05) is 13.3 Å². The van der Waals surface area contributed by atoms with E-state index in [-0.39, 0.29) is 13.0 Å². The van der Waals surface area contributed by atoms with Gasteiger partial charge in [0.05, 0.1) is 32.0 Å². The van der Waals surface area contributed by atoms with Crippen molar-refractivity contribution in [1.29, 1.82) is 0 Å². The lowest BCUT2D eigenvalue weighted by Gasteiger charge is -2.49. The molecule has 3 aliphatic heterocycles. The zero-order valence-electron chi connectivity index (χ0n) is 21.9. The molecule has 3 heterocycles. The van der Waals surface area contributed by atoms with E-state index in [1.807, 2.05) is 0 Å². The molecule has 39 heavy (non-hydrogen) atoms. The molecule has 3 saturated heterocycles. The van der Waals surface area contributed by atoms with Gasteiger partial charge in [-0.2, -0.15) is 0 Å². The molecule has 0 saturated carbocycles. The molecule has 1 amide bonds. The van der Waals surface area contributed by atoms with Crippen LogP contribution in [0.15, 0.2) is 0 Å². The Bertz CT molecular complexity index is 754. The van der Waals surface area contributed by atoms with Crippen LogP contribution >= 0.6 is 0 Å². The molecular formula is C23H42N2O14. The fourth-order valence-electron chi connectivity index (χ4n) is 4.79. The Labute approximate surface area is 225 Å². The largest absolute Gasteiger partial charge is 0.394 e. The summed E-state index contributed by atoms with van der Waals surface area (Å²) in [6.07, 6.45) is -16.7. The summed E-state index contributed by atoms with van der Waals surface area (Å²) in [5, 5.41) is 74.3. The first-order valence-electron chi connectivity index (χ1n) is 13.0. The zero-order valence-corrected chi connectivity index (χ0v) is 21.9. The van der Waals surface area contributed by atoms with Crippen molar-refractivity contribution in [2.75, 3.05) is 26.4 Å². The predicted octanol–water partition coefficient (Wildman–Crippen LogP) is -5.00. The van der Waals surface area contributed by atoms with Gasteiger partial charge in [-0.05, 0) is 19.9 Å². The molecule has 3 fully saturated rings. The molecule has 16 nitrogen and oxygen atoms in total. The Balaban J connectivity index is 1.92. The highest BCUT2D eigenvalue weighted by atomic mass is 16.8. The minimum atomic E-state index is -1.62. The topological polar surface area (TPSA) is 252 Å². The molecule has 14 atom stereocenters. The summed E-state index contributed by atoms with van der Waals surface area (Å²) in [5.41, 5.74) is 5.56. The molecule has 0 aliphatic carbocycles. The van der Waals surface area contributed by atoms with Gasteiger partial charge in [0.2, 0.25) is 5.91 Å². The van der Waals surface area contributed by atoms with Gasteiger partial charge in [-0.15, -0.1) is 0 Å². The molecule has 0 radical (unpaired) electrons. The van der Waals surface area contributed by atoms with Gasteiger partial charge in [0.25, 0.3) is 0 Å². The third-order valence-corrected chi connectivity index (χ3v) is 6.96. The number of carbonyl (C=O) groups excluding carboxylic acids is 1. The first kappa shape index (κ1) is 32.4. The van der Waals surface area contributed by atoms with Gasteiger partial charge < -0.3 is 75.2 Å². The van der Waals surface area contributed by atoms with E-state index in [4.69, 9.17) is 34.2 Å². The maximum Gasteiger partial charge on any atom is 0.217 e. The van der Waals surface area contributed by atoms with Gasteiger partial charge in [-0.3, -0.25) is 4.79 Å². The van der Waals surface area contributed by atoms with Crippen LogP contribution in [-0.4, -0.2) is 154 Å². The molecular weight excluding hydrogens is 528 g/mol. The number of aliphatic hydroxyl groups excluding tert-OH is 7. The van der Waals surface area contributed by atoms with E-state index in [1.165, 1.54) is 13.8 Å². The normalized spacial score (nSPS) is 45.2. The minimum absolute atomic E-state index is 0.108. The summed E-state index contributed by atoms with van der Waals surface area (Å²) >= 11 is 0. The van der Waals surface area contributed by atoms with Crippen molar-refractivity contribution >= 4 is 5.91 Å². The van der Waals surface area contributed by atoms with Crippen LogP contribution in [0, 0.1) is 0 Å². The van der Waals surface area contributed by atoms with Gasteiger partial charge >= 0.3 is 0 Å². The van der Waals surface area contributed by atoms with Crippen molar-refractivity contribution in [1.82, 2.24) is 5.32 Å². The smallest absolute Gasteiger partial charge is 0.217 e. The molecule has 3 rings (SSSR count). The number of rotatable bonds is 11. The molecule has 228 valence electrons. The highest BCUT2D eigenvalue weighted by Crippen LogP contribution is 2.33. The molecule has 8 unspecified atom stereocenters. The number of aliphatic hydroxyl groups is 7. The monoisotopic (exact) mass is 570 g/mol. The second-order valence-corrected chi connectivity index (χ2v) is 9.93. The number of carbonyl (C=O) groups is 1. The standard InChI is InChI=1S/C23H42N2O14/c1-9-16(30)11(29)6-14(35-9)38-21-20(18(32)13(8-27)37-23(21)34-5-3-4-24)39-22-15(25-10(2)28)19(33)17(31)12(7-26)36-22/h9,11-23,26-27,29-33H,3-8,24H2,1-2H3,(H,25,28)/t9?,11?,12?,13?,14-,15?,16+,17-,18-,19?,20?,21?,22+,23+/m0/s1. The molecule has 0 aromatic rings. The lowest BCUT2D eigenvalue weighted by atomic mass is 9.95. The van der Waals surface area contributed by atoms with Gasteiger partial charge in [-0.1, -0.05) is 0 Å². The van der Waals surface area contributed by atoms with Crippen molar-refractivity contribution in [2.24, 2.45) is 5.73 Å². The first-order valence-corrected chi connectivity index (χ1v) is 13.0. The maximum absolute atomic E-state index is 11.8. The molecule has 0 bridgehead atoms. The van der Waals surface area contributed by atoms with Crippen LogP contribution in [-0.2, 0) is 33.2 Å². The van der Waals surface area contributed by atoms with Crippen molar-refractivity contribution in [3.05, 3.63) is 0 Å². The van der Waals surface area contributed by atoms with Crippen molar-refractivity contribution in [3.8, 4) is 0 Å². The van der Waals surface area contributed by atoms with Crippen LogP contribution in [0.4, 0.5) is 0 Å². The second kappa shape index (κ2) is 14.7. The van der Waals surface area contributed by atoms with Crippen LogP contribution in [0.25, 0.3) is 0 Å². The van der Waals surface area contributed by atoms with E-state index in [0.717, 1.165) is 0 Å². The number of ether oxygens (including phenoxy) is 6. The highest BCUT2D eigenvalue weighted by Gasteiger charge is 2.53. The van der Waals surface area contributed by atoms with Crippen LogP contribution in [0.5, 0.6) is 0 Å². The van der Waals surface area contributed by atoms with Gasteiger partial charge in [0.1, 0.15) is 54.9 Å². The molecule has 0 aromatic carbocycles. The van der Waals surface area contributed by atoms with Crippen LogP contribution in [0.3, 0.4) is 0 Å². The van der Waals surface area contributed by atoms with Crippen molar-refractivity contribution < 1.29 is 69.0 Å². The third-order valence-electron chi connectivity index (χ3n) is 6.96. The van der Waals surface area contributed by atoms with E-state index in [9.17, 15) is 40.5 Å². The van der Waals surface area contributed by atoms with Gasteiger partial charge in [0.15, 0.2) is 18.9 Å². The highest BCUT2D eigenvalue weighted by molar-refractivity contribution is 5.73. The molecule has 3 aliphatic rings. The Kier molecular flexibility index (Phi) is 12.2. The van der Waals surface area contributed by atoms with E-state index < -0.39 is 105 Å². The summed E-state index contributed by atoms with van der Waals surface area (Å²) in [6.45, 7) is 1.78. The number of amides is 1. The summed E-state index contributed by atoms with van der Waals surface area (Å²) in [5.74, 6) is -0.584. The van der Waals surface area contributed by atoms with Crippen LogP contribution in [0.2, 0.25) is 0 Å². The quantitative estimate of drug-likeness (QED) is 0.105. The average Bonchev–Trinajstić information content (AvgIpc) is 2.89. The molecule has 0 aromatic heterocycles. The van der Waals surface area contributed by atoms with E-state index in [0.29, 0.717) is 13.0 Å². The average molecular weight is 571 g/mol. The predicted molar refractivity (Wildman–Crippen MR) is 127 cm³/mol. The zero-order chi connectivity index (χ0) is 28.9. The fourth-order valence-corrected chi connectivity index (χ4v) is 4.79.